The largest absolute Gasteiger partial charge is 0.350 e. The number of alkyl halides is 4. The summed E-state index contributed by atoms with van der Waals surface area (Å²) in [7, 11) is 0. The summed E-state index contributed by atoms with van der Waals surface area (Å²) in [5.74, 6) is -7.72. The molecule has 210 valence electrons. The molecule has 1 aliphatic carbocycles. The highest BCUT2D eigenvalue weighted by Gasteiger charge is 2.42. The van der Waals surface area contributed by atoms with Crippen molar-refractivity contribution in [3.05, 3.63) is 47.2 Å². The van der Waals surface area contributed by atoms with Gasteiger partial charge in [-0.2, -0.15) is 10.2 Å². The molecule has 1 saturated heterocycles. The monoisotopic (exact) mass is 549 g/mol. The Kier molecular flexibility index (Phi) is 7.10. The minimum atomic E-state index is -2.98. The summed E-state index contributed by atoms with van der Waals surface area (Å²) in [6.07, 6.45) is 2.50. The number of hydrogen-bond donors (Lipinski definition) is 2. The maximum absolute atomic E-state index is 13.9. The van der Waals surface area contributed by atoms with E-state index in [-0.39, 0.29) is 43.9 Å². The minimum absolute atomic E-state index is 0.0373. The second kappa shape index (κ2) is 10.2. The number of carbonyl (C=O) groups is 2. The molecule has 2 fully saturated rings. The van der Waals surface area contributed by atoms with Crippen molar-refractivity contribution in [1.29, 1.82) is 0 Å². The molecular formula is C26H31F4N7O2. The summed E-state index contributed by atoms with van der Waals surface area (Å²) in [6, 6.07) is 2.68. The van der Waals surface area contributed by atoms with Gasteiger partial charge in [0.05, 0.1) is 30.2 Å². The molecule has 39 heavy (non-hydrogen) atoms. The molecule has 2 amide bonds. The molecule has 0 bridgehead atoms. The molecule has 1 saturated carbocycles. The Balaban J connectivity index is 1.44. The molecule has 0 aromatic carbocycles. The Hall–Kier alpha value is -3.51. The molecule has 2 aliphatic rings. The number of hydrogen-bond acceptors (Lipinski definition) is 5. The third kappa shape index (κ3) is 5.76. The van der Waals surface area contributed by atoms with E-state index in [0.29, 0.717) is 34.8 Å². The fourth-order valence-electron chi connectivity index (χ4n) is 5.53. The van der Waals surface area contributed by atoms with E-state index in [2.05, 4.69) is 25.8 Å². The lowest BCUT2D eigenvalue weighted by Gasteiger charge is -2.33. The van der Waals surface area contributed by atoms with E-state index in [0.717, 1.165) is 0 Å². The highest BCUT2D eigenvalue weighted by Crippen LogP contribution is 2.41. The number of fused-ring (bicyclic) bond motifs is 1. The number of rotatable bonds is 7. The Morgan fingerprint density at radius 2 is 1.97 bits per heavy atom. The van der Waals surface area contributed by atoms with E-state index in [9.17, 15) is 27.2 Å². The van der Waals surface area contributed by atoms with Gasteiger partial charge >= 0.3 is 0 Å². The van der Waals surface area contributed by atoms with E-state index in [1.54, 1.807) is 29.9 Å². The normalized spacial score (nSPS) is 22.0. The lowest BCUT2D eigenvalue weighted by molar-refractivity contribution is -0.136. The van der Waals surface area contributed by atoms with Gasteiger partial charge in [-0.3, -0.25) is 14.3 Å². The first kappa shape index (κ1) is 27.1. The molecule has 1 unspecified atom stereocenters. The van der Waals surface area contributed by atoms with Crippen LogP contribution in [0.5, 0.6) is 0 Å². The first-order valence-electron chi connectivity index (χ1n) is 13.2. The third-order valence-corrected chi connectivity index (χ3v) is 7.73. The highest BCUT2D eigenvalue weighted by atomic mass is 19.3. The van der Waals surface area contributed by atoms with Gasteiger partial charge in [-0.05, 0) is 50.3 Å². The van der Waals surface area contributed by atoms with Crippen LogP contribution in [0.15, 0.2) is 24.5 Å². The van der Waals surface area contributed by atoms with Gasteiger partial charge in [0.2, 0.25) is 11.8 Å². The highest BCUT2D eigenvalue weighted by molar-refractivity contribution is 5.92. The standard InChI is InChI=1S/C26H31F4N7O2/c1-3-36-20(6-9-32-36)24(39)34-22(16-4-7-25(27,28)8-5-16)19-13-37-21(33-19)10-15(2)18(35-37)11-17-12-26(29,30)14-31-23(17)38/h6,9-10,13,16-17,22H,3-5,7-8,11-12,14H2,1-2H3,(H,31,38)(H,34,39)/t17?,22-/m0/s1. The number of nitrogens with one attached hydrogen (secondary N) is 2. The second-order valence-corrected chi connectivity index (χ2v) is 10.6. The Morgan fingerprint density at radius 3 is 2.69 bits per heavy atom. The van der Waals surface area contributed by atoms with Crippen molar-refractivity contribution in [2.24, 2.45) is 11.8 Å². The summed E-state index contributed by atoms with van der Waals surface area (Å²) in [6.45, 7) is 3.44. The Labute approximate surface area is 222 Å². The molecule has 0 radical (unpaired) electrons. The molecule has 1 aliphatic heterocycles. The Morgan fingerprint density at radius 1 is 1.23 bits per heavy atom. The van der Waals surface area contributed by atoms with Gasteiger partial charge < -0.3 is 10.6 Å². The molecule has 2 atom stereocenters. The van der Waals surface area contributed by atoms with Crippen molar-refractivity contribution in [1.82, 2.24) is 35.0 Å². The zero-order valence-corrected chi connectivity index (χ0v) is 21.8. The maximum Gasteiger partial charge on any atom is 0.270 e. The summed E-state index contributed by atoms with van der Waals surface area (Å²) < 4.78 is 58.8. The van der Waals surface area contributed by atoms with Gasteiger partial charge in [0.15, 0.2) is 5.65 Å². The zero-order valence-electron chi connectivity index (χ0n) is 21.8. The van der Waals surface area contributed by atoms with E-state index < -0.39 is 42.7 Å². The van der Waals surface area contributed by atoms with Crippen LogP contribution in [0.2, 0.25) is 0 Å². The minimum Gasteiger partial charge on any atom is -0.350 e. The maximum atomic E-state index is 13.9. The molecule has 2 N–H and O–H groups in total. The van der Waals surface area contributed by atoms with Crippen LogP contribution in [-0.4, -0.2) is 54.6 Å². The van der Waals surface area contributed by atoms with E-state index in [1.165, 1.54) is 10.7 Å². The number of imidazole rings is 1. The smallest absolute Gasteiger partial charge is 0.270 e. The van der Waals surface area contributed by atoms with Crippen LogP contribution in [0.4, 0.5) is 17.6 Å². The number of halogens is 4. The van der Waals surface area contributed by atoms with Crippen molar-refractivity contribution < 1.29 is 27.2 Å². The molecule has 4 heterocycles. The van der Waals surface area contributed by atoms with Gasteiger partial charge in [-0.15, -0.1) is 0 Å². The third-order valence-electron chi connectivity index (χ3n) is 7.73. The number of carbonyl (C=O) groups excluding carboxylic acids is 2. The fourth-order valence-corrected chi connectivity index (χ4v) is 5.53. The average molecular weight is 550 g/mol. The molecule has 9 nitrogen and oxygen atoms in total. The van der Waals surface area contributed by atoms with Gasteiger partial charge in [0, 0.05) is 44.3 Å². The van der Waals surface area contributed by atoms with Crippen LogP contribution < -0.4 is 10.6 Å². The first-order chi connectivity index (χ1) is 18.4. The predicted octanol–water partition coefficient (Wildman–Crippen LogP) is 3.86. The van der Waals surface area contributed by atoms with Crippen molar-refractivity contribution >= 4 is 17.5 Å². The van der Waals surface area contributed by atoms with Gasteiger partial charge in [-0.1, -0.05) is 0 Å². The van der Waals surface area contributed by atoms with E-state index in [1.807, 2.05) is 6.92 Å². The van der Waals surface area contributed by atoms with Gasteiger partial charge in [-0.25, -0.2) is 27.1 Å². The molecule has 13 heteroatoms. The Bertz CT molecular complexity index is 1380. The summed E-state index contributed by atoms with van der Waals surface area (Å²) >= 11 is 0. The number of piperidine rings is 1. The van der Waals surface area contributed by atoms with Crippen LogP contribution in [0.3, 0.4) is 0 Å². The molecular weight excluding hydrogens is 518 g/mol. The quantitative estimate of drug-likeness (QED) is 0.436. The average Bonchev–Trinajstić information content (AvgIpc) is 3.52. The summed E-state index contributed by atoms with van der Waals surface area (Å²) in [5.41, 5.74) is 2.45. The lowest BCUT2D eigenvalue weighted by atomic mass is 9.81. The molecule has 5 rings (SSSR count). The molecule has 0 spiro atoms. The topological polar surface area (TPSA) is 106 Å². The van der Waals surface area contributed by atoms with Crippen LogP contribution in [-0.2, 0) is 17.8 Å². The molecule has 3 aromatic rings. The number of aryl methyl sites for hydroxylation is 2. The predicted molar refractivity (Wildman–Crippen MR) is 133 cm³/mol. The summed E-state index contributed by atoms with van der Waals surface area (Å²) in [5, 5.41) is 14.0. The van der Waals surface area contributed by atoms with Crippen LogP contribution in [0.1, 0.15) is 72.5 Å². The van der Waals surface area contributed by atoms with Crippen LogP contribution in [0.25, 0.3) is 5.65 Å². The van der Waals surface area contributed by atoms with E-state index >= 15 is 0 Å². The van der Waals surface area contributed by atoms with Crippen LogP contribution in [0, 0.1) is 18.8 Å². The van der Waals surface area contributed by atoms with Crippen molar-refractivity contribution in [3.8, 4) is 0 Å². The SMILES string of the molecule is CCn1nccc1C(=O)N[C@H](c1cn2nc(CC3CC(F)(F)CNC3=O)c(C)cc2n1)C1CCC(F)(F)CC1. The zero-order chi connectivity index (χ0) is 27.9. The number of nitrogens with zero attached hydrogens (tertiary/aromatic N) is 5. The fraction of sp³-hybridized carbons (Fsp3) is 0.577. The first-order valence-corrected chi connectivity index (χ1v) is 13.2. The van der Waals surface area contributed by atoms with E-state index in [4.69, 9.17) is 0 Å². The summed E-state index contributed by atoms with van der Waals surface area (Å²) in [4.78, 5) is 30.1. The van der Waals surface area contributed by atoms with Crippen molar-refractivity contribution in [2.45, 2.75) is 76.8 Å². The second-order valence-electron chi connectivity index (χ2n) is 10.6. The number of amides is 2. The molecule has 3 aromatic heterocycles. The van der Waals surface area contributed by atoms with Crippen molar-refractivity contribution in [2.75, 3.05) is 6.54 Å². The van der Waals surface area contributed by atoms with Crippen LogP contribution >= 0.6 is 0 Å². The number of aromatic nitrogens is 5. The van der Waals surface area contributed by atoms with Gasteiger partial charge in [0.25, 0.3) is 11.8 Å². The lowest BCUT2D eigenvalue weighted by Crippen LogP contribution is -2.48. The van der Waals surface area contributed by atoms with Gasteiger partial charge in [0.1, 0.15) is 5.69 Å². The van der Waals surface area contributed by atoms with Crippen molar-refractivity contribution in [3.63, 3.8) is 0 Å².